The van der Waals surface area contributed by atoms with E-state index in [0.717, 1.165) is 57.1 Å². The molecule has 0 spiro atoms. The van der Waals surface area contributed by atoms with Crippen molar-refractivity contribution in [2.75, 3.05) is 19.6 Å². The molecule has 118 valence electrons. The van der Waals surface area contributed by atoms with Crippen molar-refractivity contribution in [1.29, 1.82) is 0 Å². The summed E-state index contributed by atoms with van der Waals surface area (Å²) in [4.78, 5) is 4.57. The van der Waals surface area contributed by atoms with Crippen LogP contribution in [0.5, 0.6) is 0 Å². The summed E-state index contributed by atoms with van der Waals surface area (Å²) in [6.07, 6.45) is 7.68. The maximum Gasteiger partial charge on any atom is 0.191 e. The molecule has 1 rings (SSSR count). The first kappa shape index (κ1) is 17.3. The minimum Gasteiger partial charge on any atom is -0.388 e. The second-order valence-corrected chi connectivity index (χ2v) is 6.44. The molecule has 0 heterocycles. The van der Waals surface area contributed by atoms with E-state index in [2.05, 4.69) is 36.4 Å². The quantitative estimate of drug-likeness (QED) is 0.382. The summed E-state index contributed by atoms with van der Waals surface area (Å²) < 4.78 is 0. The molecule has 0 bridgehead atoms. The van der Waals surface area contributed by atoms with Crippen molar-refractivity contribution in [2.45, 2.75) is 71.3 Å². The van der Waals surface area contributed by atoms with Gasteiger partial charge in [-0.25, -0.2) is 0 Å². The van der Waals surface area contributed by atoms with E-state index >= 15 is 0 Å². The number of aliphatic hydroxyl groups is 1. The fourth-order valence-electron chi connectivity index (χ4n) is 2.65. The highest BCUT2D eigenvalue weighted by Gasteiger charge is 2.28. The van der Waals surface area contributed by atoms with Crippen LogP contribution in [0.4, 0.5) is 0 Å². The molecule has 0 unspecified atom stereocenters. The Morgan fingerprint density at radius 1 is 1.20 bits per heavy atom. The van der Waals surface area contributed by atoms with Crippen molar-refractivity contribution in [2.24, 2.45) is 10.9 Å². The molecule has 0 atom stereocenters. The van der Waals surface area contributed by atoms with Crippen molar-refractivity contribution in [1.82, 2.24) is 10.6 Å². The van der Waals surface area contributed by atoms with E-state index in [4.69, 9.17) is 0 Å². The maximum atomic E-state index is 10.5. The molecule has 1 fully saturated rings. The monoisotopic (exact) mass is 283 g/mol. The van der Waals surface area contributed by atoms with Gasteiger partial charge in [-0.2, -0.15) is 0 Å². The first-order valence-corrected chi connectivity index (χ1v) is 8.30. The van der Waals surface area contributed by atoms with Crippen LogP contribution in [0.3, 0.4) is 0 Å². The SMILES string of the molecule is CCNC(=NCC1(O)CCCCC1)NCCCC(C)C. The van der Waals surface area contributed by atoms with Gasteiger partial charge in [-0.05, 0) is 38.5 Å². The standard InChI is InChI=1S/C16H33N3O/c1-4-17-15(18-12-8-9-14(2)3)19-13-16(20)10-6-5-7-11-16/h14,20H,4-13H2,1-3H3,(H2,17,18,19). The van der Waals surface area contributed by atoms with E-state index in [1.807, 2.05) is 0 Å². The molecule has 0 aromatic heterocycles. The molecule has 1 aliphatic carbocycles. The van der Waals surface area contributed by atoms with Crippen LogP contribution in [-0.2, 0) is 0 Å². The van der Waals surface area contributed by atoms with Crippen LogP contribution in [-0.4, -0.2) is 36.3 Å². The first-order valence-electron chi connectivity index (χ1n) is 8.30. The third kappa shape index (κ3) is 7.13. The van der Waals surface area contributed by atoms with Gasteiger partial charge in [0.05, 0.1) is 12.1 Å². The summed E-state index contributed by atoms with van der Waals surface area (Å²) in [6, 6.07) is 0. The second kappa shape index (κ2) is 9.22. The Hall–Kier alpha value is -0.770. The minimum atomic E-state index is -0.571. The molecule has 1 aliphatic rings. The average molecular weight is 283 g/mol. The first-order chi connectivity index (χ1) is 9.56. The molecule has 0 saturated heterocycles. The van der Waals surface area contributed by atoms with Crippen molar-refractivity contribution < 1.29 is 5.11 Å². The van der Waals surface area contributed by atoms with Gasteiger partial charge in [0.2, 0.25) is 0 Å². The molecule has 0 aliphatic heterocycles. The van der Waals surface area contributed by atoms with Gasteiger partial charge in [0.1, 0.15) is 0 Å². The Labute approximate surface area is 124 Å². The van der Waals surface area contributed by atoms with Crippen LogP contribution >= 0.6 is 0 Å². The van der Waals surface area contributed by atoms with Gasteiger partial charge in [-0.15, -0.1) is 0 Å². The van der Waals surface area contributed by atoms with E-state index in [1.54, 1.807) is 0 Å². The Balaban J connectivity index is 2.37. The van der Waals surface area contributed by atoms with Crippen molar-refractivity contribution in [3.8, 4) is 0 Å². The lowest BCUT2D eigenvalue weighted by Crippen LogP contribution is -2.41. The summed E-state index contributed by atoms with van der Waals surface area (Å²) in [5.41, 5.74) is -0.571. The predicted molar refractivity (Wildman–Crippen MR) is 86.1 cm³/mol. The molecular formula is C16H33N3O. The fraction of sp³-hybridized carbons (Fsp3) is 0.938. The zero-order valence-corrected chi connectivity index (χ0v) is 13.5. The Bertz CT molecular complexity index is 283. The van der Waals surface area contributed by atoms with Gasteiger partial charge in [-0.3, -0.25) is 4.99 Å². The number of nitrogens with zero attached hydrogens (tertiary/aromatic N) is 1. The molecule has 1 saturated carbocycles. The number of hydrogen-bond acceptors (Lipinski definition) is 2. The van der Waals surface area contributed by atoms with Crippen LogP contribution in [0.25, 0.3) is 0 Å². The van der Waals surface area contributed by atoms with E-state index in [0.29, 0.717) is 6.54 Å². The van der Waals surface area contributed by atoms with E-state index in [9.17, 15) is 5.11 Å². The molecule has 3 N–H and O–H groups in total. The molecule has 0 aromatic rings. The largest absolute Gasteiger partial charge is 0.388 e. The van der Waals surface area contributed by atoms with Crippen LogP contribution in [0.1, 0.15) is 65.7 Å². The second-order valence-electron chi connectivity index (χ2n) is 6.44. The molecule has 0 aromatic carbocycles. The van der Waals surface area contributed by atoms with Crippen molar-refractivity contribution >= 4 is 5.96 Å². The lowest BCUT2D eigenvalue weighted by atomic mass is 9.85. The summed E-state index contributed by atoms with van der Waals surface area (Å²) in [5.74, 6) is 1.59. The number of rotatable bonds is 7. The highest BCUT2D eigenvalue weighted by atomic mass is 16.3. The van der Waals surface area contributed by atoms with E-state index < -0.39 is 5.60 Å². The summed E-state index contributed by atoms with van der Waals surface area (Å²) >= 11 is 0. The molecule has 4 heteroatoms. The highest BCUT2D eigenvalue weighted by molar-refractivity contribution is 5.79. The number of aliphatic imine (C=N–C) groups is 1. The topological polar surface area (TPSA) is 56.7 Å². The molecular weight excluding hydrogens is 250 g/mol. The fourth-order valence-corrected chi connectivity index (χ4v) is 2.65. The molecule has 4 nitrogen and oxygen atoms in total. The zero-order valence-electron chi connectivity index (χ0n) is 13.5. The Morgan fingerprint density at radius 3 is 2.50 bits per heavy atom. The third-order valence-corrected chi connectivity index (χ3v) is 3.91. The van der Waals surface area contributed by atoms with Gasteiger partial charge in [0.15, 0.2) is 5.96 Å². The van der Waals surface area contributed by atoms with Gasteiger partial charge in [0, 0.05) is 13.1 Å². The van der Waals surface area contributed by atoms with Crippen LogP contribution in [0, 0.1) is 5.92 Å². The van der Waals surface area contributed by atoms with Gasteiger partial charge < -0.3 is 15.7 Å². The van der Waals surface area contributed by atoms with Gasteiger partial charge >= 0.3 is 0 Å². The van der Waals surface area contributed by atoms with Crippen LogP contribution < -0.4 is 10.6 Å². The Kier molecular flexibility index (Phi) is 7.97. The van der Waals surface area contributed by atoms with Crippen LogP contribution in [0.2, 0.25) is 0 Å². The van der Waals surface area contributed by atoms with Crippen molar-refractivity contribution in [3.63, 3.8) is 0 Å². The van der Waals surface area contributed by atoms with Gasteiger partial charge in [0.25, 0.3) is 0 Å². The number of hydrogen-bond donors (Lipinski definition) is 3. The van der Waals surface area contributed by atoms with E-state index in [-0.39, 0.29) is 0 Å². The summed E-state index contributed by atoms with van der Waals surface area (Å²) in [6.45, 7) is 8.89. The molecule has 20 heavy (non-hydrogen) atoms. The number of guanidine groups is 1. The lowest BCUT2D eigenvalue weighted by molar-refractivity contribution is 0.0131. The number of nitrogens with one attached hydrogen (secondary N) is 2. The molecule has 0 amide bonds. The van der Waals surface area contributed by atoms with Crippen LogP contribution in [0.15, 0.2) is 4.99 Å². The smallest absolute Gasteiger partial charge is 0.191 e. The maximum absolute atomic E-state index is 10.5. The highest BCUT2D eigenvalue weighted by Crippen LogP contribution is 2.28. The van der Waals surface area contributed by atoms with E-state index in [1.165, 1.54) is 12.8 Å². The average Bonchev–Trinajstić information content (AvgIpc) is 2.41. The minimum absolute atomic E-state index is 0.520. The van der Waals surface area contributed by atoms with Crippen molar-refractivity contribution in [3.05, 3.63) is 0 Å². The molecule has 0 radical (unpaired) electrons. The normalized spacial score (nSPS) is 19.1. The summed E-state index contributed by atoms with van der Waals surface area (Å²) in [7, 11) is 0. The van der Waals surface area contributed by atoms with Gasteiger partial charge in [-0.1, -0.05) is 33.1 Å². The zero-order chi connectivity index (χ0) is 14.8. The summed E-state index contributed by atoms with van der Waals surface area (Å²) in [5, 5.41) is 17.1. The Morgan fingerprint density at radius 2 is 1.90 bits per heavy atom. The predicted octanol–water partition coefficient (Wildman–Crippen LogP) is 2.67. The third-order valence-electron chi connectivity index (χ3n) is 3.91. The lowest BCUT2D eigenvalue weighted by Gasteiger charge is -2.30.